The van der Waals surface area contributed by atoms with Crippen molar-refractivity contribution >= 4 is 16.8 Å². The number of amides is 1. The Morgan fingerprint density at radius 3 is 2.83 bits per heavy atom. The Morgan fingerprint density at radius 1 is 1.30 bits per heavy atom. The van der Waals surface area contributed by atoms with Crippen molar-refractivity contribution in [3.63, 3.8) is 0 Å². The van der Waals surface area contributed by atoms with Gasteiger partial charge in [-0.15, -0.1) is 0 Å². The Labute approximate surface area is 135 Å². The molecule has 1 atom stereocenters. The molecule has 6 nitrogen and oxygen atoms in total. The predicted octanol–water partition coefficient (Wildman–Crippen LogP) is 1.07. The van der Waals surface area contributed by atoms with Crippen molar-refractivity contribution in [2.24, 2.45) is 0 Å². The summed E-state index contributed by atoms with van der Waals surface area (Å²) in [6.45, 7) is 5.47. The molecule has 1 aliphatic rings. The molecule has 0 spiro atoms. The molecule has 1 saturated heterocycles. The first-order valence-corrected chi connectivity index (χ1v) is 7.98. The van der Waals surface area contributed by atoms with Crippen molar-refractivity contribution in [3.8, 4) is 5.75 Å². The van der Waals surface area contributed by atoms with Crippen molar-refractivity contribution in [3.05, 3.63) is 30.5 Å². The van der Waals surface area contributed by atoms with Gasteiger partial charge in [-0.05, 0) is 18.2 Å². The van der Waals surface area contributed by atoms with Crippen LogP contribution in [0.15, 0.2) is 30.5 Å². The van der Waals surface area contributed by atoms with Crippen molar-refractivity contribution in [2.75, 3.05) is 39.3 Å². The molecule has 2 N–H and O–H groups in total. The van der Waals surface area contributed by atoms with E-state index in [1.54, 1.807) is 6.92 Å². The van der Waals surface area contributed by atoms with Gasteiger partial charge < -0.3 is 19.7 Å². The standard InChI is InChI=1S/C17H23N3O3/c1-13(21)20-9-7-19(8-10-20)11-14(22)12-23-17-4-2-3-16-15(17)5-6-18-16/h2-6,14,18,22H,7-12H2,1H3. The number of aromatic nitrogens is 1. The number of aliphatic hydroxyl groups excluding tert-OH is 1. The van der Waals surface area contributed by atoms with Crippen molar-refractivity contribution in [1.29, 1.82) is 0 Å². The number of H-pyrrole nitrogens is 1. The van der Waals surface area contributed by atoms with E-state index in [4.69, 9.17) is 4.74 Å². The van der Waals surface area contributed by atoms with Gasteiger partial charge in [-0.2, -0.15) is 0 Å². The van der Waals surface area contributed by atoms with Gasteiger partial charge in [0.15, 0.2) is 0 Å². The first-order chi connectivity index (χ1) is 11.1. The number of nitrogens with zero attached hydrogens (tertiary/aromatic N) is 2. The van der Waals surface area contributed by atoms with Gasteiger partial charge in [0.2, 0.25) is 5.91 Å². The number of hydrogen-bond acceptors (Lipinski definition) is 4. The van der Waals surface area contributed by atoms with Gasteiger partial charge in [0.05, 0.1) is 0 Å². The topological polar surface area (TPSA) is 68.8 Å². The lowest BCUT2D eigenvalue weighted by molar-refractivity contribution is -0.130. The summed E-state index contributed by atoms with van der Waals surface area (Å²) in [6.07, 6.45) is 1.33. The quantitative estimate of drug-likeness (QED) is 0.866. The van der Waals surface area contributed by atoms with Gasteiger partial charge in [0.25, 0.3) is 0 Å². The van der Waals surface area contributed by atoms with Crippen LogP contribution in [0, 0.1) is 0 Å². The second-order valence-corrected chi connectivity index (χ2v) is 5.97. The number of aliphatic hydroxyl groups is 1. The molecule has 2 heterocycles. The number of piperazine rings is 1. The van der Waals surface area contributed by atoms with E-state index in [2.05, 4.69) is 9.88 Å². The second-order valence-electron chi connectivity index (χ2n) is 5.97. The van der Waals surface area contributed by atoms with E-state index < -0.39 is 6.10 Å². The lowest BCUT2D eigenvalue weighted by Crippen LogP contribution is -2.50. The van der Waals surface area contributed by atoms with E-state index in [1.807, 2.05) is 35.4 Å². The Kier molecular flexibility index (Phi) is 4.83. The van der Waals surface area contributed by atoms with Crippen LogP contribution in [-0.2, 0) is 4.79 Å². The van der Waals surface area contributed by atoms with Crippen LogP contribution in [0.3, 0.4) is 0 Å². The normalized spacial score (nSPS) is 17.4. The van der Waals surface area contributed by atoms with Crippen LogP contribution < -0.4 is 4.74 Å². The first-order valence-electron chi connectivity index (χ1n) is 7.98. The zero-order valence-corrected chi connectivity index (χ0v) is 13.4. The van der Waals surface area contributed by atoms with Crippen LogP contribution in [0.1, 0.15) is 6.92 Å². The van der Waals surface area contributed by atoms with Gasteiger partial charge in [0, 0.05) is 56.7 Å². The van der Waals surface area contributed by atoms with Crippen LogP contribution in [0.2, 0.25) is 0 Å². The second kappa shape index (κ2) is 7.02. The largest absolute Gasteiger partial charge is 0.490 e. The van der Waals surface area contributed by atoms with Crippen LogP contribution in [-0.4, -0.2) is 71.2 Å². The molecule has 3 rings (SSSR count). The van der Waals surface area contributed by atoms with Gasteiger partial charge >= 0.3 is 0 Å². The van der Waals surface area contributed by atoms with Gasteiger partial charge in [-0.25, -0.2) is 0 Å². The minimum Gasteiger partial charge on any atom is -0.490 e. The minimum absolute atomic E-state index is 0.119. The van der Waals surface area contributed by atoms with Gasteiger partial charge in [-0.1, -0.05) is 6.07 Å². The Bertz CT molecular complexity index is 662. The molecule has 1 amide bonds. The fourth-order valence-electron chi connectivity index (χ4n) is 2.96. The molecule has 1 unspecified atom stereocenters. The van der Waals surface area contributed by atoms with Gasteiger partial charge in [-0.3, -0.25) is 9.69 Å². The summed E-state index contributed by atoms with van der Waals surface area (Å²) in [7, 11) is 0. The zero-order valence-electron chi connectivity index (χ0n) is 13.4. The third-order valence-electron chi connectivity index (χ3n) is 4.27. The molecular formula is C17H23N3O3. The van der Waals surface area contributed by atoms with Crippen molar-refractivity contribution in [1.82, 2.24) is 14.8 Å². The fourth-order valence-corrected chi connectivity index (χ4v) is 2.96. The fraction of sp³-hybridized carbons (Fsp3) is 0.471. The maximum absolute atomic E-state index is 11.3. The maximum Gasteiger partial charge on any atom is 0.219 e. The van der Waals surface area contributed by atoms with Gasteiger partial charge in [0.1, 0.15) is 18.5 Å². The third-order valence-corrected chi connectivity index (χ3v) is 4.27. The smallest absolute Gasteiger partial charge is 0.219 e. The number of benzene rings is 1. The van der Waals surface area contributed by atoms with Crippen LogP contribution in [0.4, 0.5) is 0 Å². The molecule has 124 valence electrons. The number of rotatable bonds is 5. The molecule has 0 bridgehead atoms. The highest BCUT2D eigenvalue weighted by molar-refractivity contribution is 5.85. The zero-order chi connectivity index (χ0) is 16.2. The summed E-state index contributed by atoms with van der Waals surface area (Å²) in [4.78, 5) is 18.5. The summed E-state index contributed by atoms with van der Waals surface area (Å²) < 4.78 is 5.78. The molecule has 1 aliphatic heterocycles. The summed E-state index contributed by atoms with van der Waals surface area (Å²) in [5.74, 6) is 0.900. The molecule has 1 aromatic heterocycles. The van der Waals surface area contributed by atoms with E-state index >= 15 is 0 Å². The predicted molar refractivity (Wildman–Crippen MR) is 88.5 cm³/mol. The Balaban J connectivity index is 1.48. The number of fused-ring (bicyclic) bond motifs is 1. The molecule has 1 aromatic carbocycles. The highest BCUT2D eigenvalue weighted by Gasteiger charge is 2.20. The Morgan fingerprint density at radius 2 is 2.09 bits per heavy atom. The van der Waals surface area contributed by atoms with E-state index in [9.17, 15) is 9.90 Å². The number of carbonyl (C=O) groups is 1. The Hall–Kier alpha value is -2.05. The van der Waals surface area contributed by atoms with E-state index in [0.29, 0.717) is 6.54 Å². The van der Waals surface area contributed by atoms with E-state index in [-0.39, 0.29) is 12.5 Å². The third kappa shape index (κ3) is 3.83. The average molecular weight is 317 g/mol. The number of hydrogen-bond donors (Lipinski definition) is 2. The number of nitrogens with one attached hydrogen (secondary N) is 1. The van der Waals surface area contributed by atoms with Crippen LogP contribution in [0.5, 0.6) is 5.75 Å². The molecule has 6 heteroatoms. The highest BCUT2D eigenvalue weighted by Crippen LogP contribution is 2.24. The molecule has 0 aliphatic carbocycles. The number of β-amino-alcohol motifs (C(OH)–C–C–N with tert-alkyl or cyclic N) is 1. The lowest BCUT2D eigenvalue weighted by atomic mass is 10.2. The highest BCUT2D eigenvalue weighted by atomic mass is 16.5. The molecular weight excluding hydrogens is 294 g/mol. The SMILES string of the molecule is CC(=O)N1CCN(CC(O)COc2cccc3[nH]ccc23)CC1. The van der Waals surface area contributed by atoms with E-state index in [0.717, 1.165) is 42.8 Å². The van der Waals surface area contributed by atoms with Crippen LogP contribution in [0.25, 0.3) is 10.9 Å². The monoisotopic (exact) mass is 317 g/mol. The van der Waals surface area contributed by atoms with Crippen molar-refractivity contribution in [2.45, 2.75) is 13.0 Å². The summed E-state index contributed by atoms with van der Waals surface area (Å²) in [5.41, 5.74) is 1.03. The summed E-state index contributed by atoms with van der Waals surface area (Å²) >= 11 is 0. The summed E-state index contributed by atoms with van der Waals surface area (Å²) in [6, 6.07) is 7.81. The average Bonchev–Trinajstić information content (AvgIpc) is 3.02. The molecule has 2 aromatic rings. The van der Waals surface area contributed by atoms with Crippen LogP contribution >= 0.6 is 0 Å². The lowest BCUT2D eigenvalue weighted by Gasteiger charge is -2.35. The van der Waals surface area contributed by atoms with Crippen molar-refractivity contribution < 1.29 is 14.6 Å². The molecule has 23 heavy (non-hydrogen) atoms. The first kappa shape index (κ1) is 15.8. The maximum atomic E-state index is 11.3. The molecule has 1 fully saturated rings. The van der Waals surface area contributed by atoms with E-state index in [1.165, 1.54) is 0 Å². The summed E-state index contributed by atoms with van der Waals surface area (Å²) in [5, 5.41) is 11.2. The number of aromatic amines is 1. The molecule has 0 saturated carbocycles. The number of ether oxygens (including phenoxy) is 1. The minimum atomic E-state index is -0.548. The molecule has 0 radical (unpaired) electrons. The number of carbonyl (C=O) groups excluding carboxylic acids is 1.